The SMILES string of the molecule is CCCC1CCCCCCCC(CCC)C2=C1C=COC2.CCCC1CCCCCCCC(CCC)c2ncccc21. The van der Waals surface area contributed by atoms with E-state index < -0.39 is 0 Å². The van der Waals surface area contributed by atoms with E-state index in [4.69, 9.17) is 9.72 Å². The van der Waals surface area contributed by atoms with Crippen LogP contribution < -0.4 is 0 Å². The van der Waals surface area contributed by atoms with Gasteiger partial charge in [-0.3, -0.25) is 4.98 Å². The van der Waals surface area contributed by atoms with Crippen LogP contribution in [0.25, 0.3) is 0 Å². The van der Waals surface area contributed by atoms with Gasteiger partial charge in [-0.25, -0.2) is 0 Å². The molecule has 0 bridgehead atoms. The molecular formula is C40H67NO. The number of pyridine rings is 1. The second-order valence-corrected chi connectivity index (χ2v) is 13.7. The molecule has 1 aliphatic heterocycles. The van der Waals surface area contributed by atoms with Gasteiger partial charge in [0.15, 0.2) is 0 Å². The van der Waals surface area contributed by atoms with Gasteiger partial charge >= 0.3 is 0 Å². The van der Waals surface area contributed by atoms with Crippen molar-refractivity contribution in [3.8, 4) is 0 Å². The topological polar surface area (TPSA) is 22.1 Å². The van der Waals surface area contributed by atoms with Gasteiger partial charge in [0, 0.05) is 17.8 Å². The van der Waals surface area contributed by atoms with Gasteiger partial charge in [0.2, 0.25) is 0 Å². The Kier molecular flexibility index (Phi) is 17.6. The van der Waals surface area contributed by atoms with E-state index in [0.717, 1.165) is 24.4 Å². The molecule has 0 saturated carbocycles. The zero-order valence-corrected chi connectivity index (χ0v) is 28.3. The summed E-state index contributed by atoms with van der Waals surface area (Å²) in [7, 11) is 0. The third-order valence-corrected chi connectivity index (χ3v) is 10.3. The summed E-state index contributed by atoms with van der Waals surface area (Å²) in [6, 6.07) is 4.54. The fourth-order valence-electron chi connectivity index (χ4n) is 8.16. The molecule has 3 aliphatic rings. The van der Waals surface area contributed by atoms with Crippen molar-refractivity contribution in [3.63, 3.8) is 0 Å². The second-order valence-electron chi connectivity index (χ2n) is 13.7. The fourth-order valence-corrected chi connectivity index (χ4v) is 8.16. The van der Waals surface area contributed by atoms with E-state index in [-0.39, 0.29) is 0 Å². The molecule has 2 heterocycles. The number of fused-ring (bicyclic) bond motifs is 1. The summed E-state index contributed by atoms with van der Waals surface area (Å²) in [6.07, 6.45) is 36.4. The summed E-state index contributed by atoms with van der Waals surface area (Å²) in [5.74, 6) is 3.00. The number of hydrogen-bond donors (Lipinski definition) is 0. The maximum atomic E-state index is 5.70. The molecule has 238 valence electrons. The Morgan fingerprint density at radius 2 is 1.12 bits per heavy atom. The first-order valence-electron chi connectivity index (χ1n) is 18.7. The van der Waals surface area contributed by atoms with Crippen LogP contribution in [0, 0.1) is 11.8 Å². The summed E-state index contributed by atoms with van der Waals surface area (Å²) in [4.78, 5) is 4.86. The third kappa shape index (κ3) is 11.5. The number of ether oxygens (including phenoxy) is 1. The minimum Gasteiger partial charge on any atom is -0.497 e. The lowest BCUT2D eigenvalue weighted by molar-refractivity contribution is 0.250. The molecule has 0 saturated heterocycles. The van der Waals surface area contributed by atoms with Gasteiger partial charge in [-0.1, -0.05) is 124 Å². The van der Waals surface area contributed by atoms with Crippen molar-refractivity contribution < 1.29 is 4.74 Å². The first-order chi connectivity index (χ1) is 20.7. The lowest BCUT2D eigenvalue weighted by Gasteiger charge is -2.29. The molecule has 0 fully saturated rings. The Morgan fingerprint density at radius 3 is 1.76 bits per heavy atom. The smallest absolute Gasteiger partial charge is 0.109 e. The molecule has 0 N–H and O–H groups in total. The monoisotopic (exact) mass is 578 g/mol. The van der Waals surface area contributed by atoms with Crippen molar-refractivity contribution in [2.45, 2.75) is 181 Å². The van der Waals surface area contributed by atoms with Crippen molar-refractivity contribution in [1.82, 2.24) is 4.98 Å². The quantitative estimate of drug-likeness (QED) is 0.306. The molecule has 4 atom stereocenters. The number of allylic oxidation sites excluding steroid dienone is 2. The number of nitrogens with zero attached hydrogens (tertiary/aromatic N) is 1. The highest BCUT2D eigenvalue weighted by Gasteiger charge is 2.25. The molecule has 0 aromatic carbocycles. The van der Waals surface area contributed by atoms with Crippen molar-refractivity contribution in [2.75, 3.05) is 6.61 Å². The molecule has 4 rings (SSSR count). The zero-order valence-electron chi connectivity index (χ0n) is 28.3. The molecule has 4 unspecified atom stereocenters. The van der Waals surface area contributed by atoms with Gasteiger partial charge in [0.05, 0.1) is 6.26 Å². The van der Waals surface area contributed by atoms with E-state index in [0.29, 0.717) is 5.92 Å². The second kappa shape index (κ2) is 21.2. The maximum Gasteiger partial charge on any atom is 0.109 e. The van der Waals surface area contributed by atoms with Crippen LogP contribution >= 0.6 is 0 Å². The van der Waals surface area contributed by atoms with E-state index in [1.807, 2.05) is 12.5 Å². The Bertz CT molecular complexity index is 864. The molecule has 0 radical (unpaired) electrons. The first-order valence-corrected chi connectivity index (χ1v) is 18.7. The Balaban J connectivity index is 0.000000230. The number of rotatable bonds is 8. The van der Waals surface area contributed by atoms with E-state index in [9.17, 15) is 0 Å². The molecule has 42 heavy (non-hydrogen) atoms. The van der Waals surface area contributed by atoms with Crippen molar-refractivity contribution in [1.29, 1.82) is 0 Å². The van der Waals surface area contributed by atoms with E-state index in [1.54, 1.807) is 16.7 Å². The lowest BCUT2D eigenvalue weighted by Crippen LogP contribution is -2.18. The van der Waals surface area contributed by atoms with Crippen LogP contribution in [0.4, 0.5) is 0 Å². The van der Waals surface area contributed by atoms with E-state index in [2.05, 4.69) is 45.9 Å². The predicted molar refractivity (Wildman–Crippen MR) is 183 cm³/mol. The van der Waals surface area contributed by atoms with Crippen molar-refractivity contribution >= 4 is 0 Å². The normalized spacial score (nSPS) is 25.9. The van der Waals surface area contributed by atoms with E-state index >= 15 is 0 Å². The molecule has 0 amide bonds. The largest absolute Gasteiger partial charge is 0.497 e. The highest BCUT2D eigenvalue weighted by Crippen LogP contribution is 2.38. The molecule has 2 aliphatic carbocycles. The number of aromatic nitrogens is 1. The molecule has 1 aromatic rings. The van der Waals surface area contributed by atoms with Gasteiger partial charge in [-0.2, -0.15) is 0 Å². The van der Waals surface area contributed by atoms with Crippen LogP contribution in [-0.2, 0) is 4.74 Å². The average Bonchev–Trinajstić information content (AvgIpc) is 3.08. The Labute approximate surface area is 261 Å². The molecule has 1 aromatic heterocycles. The fraction of sp³-hybridized carbons (Fsp3) is 0.775. The van der Waals surface area contributed by atoms with Gasteiger partial charge in [-0.05, 0) is 98.0 Å². The maximum absolute atomic E-state index is 5.70. The third-order valence-electron chi connectivity index (χ3n) is 10.3. The first kappa shape index (κ1) is 34.9. The minimum absolute atomic E-state index is 0.698. The van der Waals surface area contributed by atoms with Gasteiger partial charge in [0.1, 0.15) is 6.61 Å². The summed E-state index contributed by atoms with van der Waals surface area (Å²) in [5.41, 5.74) is 6.34. The van der Waals surface area contributed by atoms with Crippen LogP contribution in [0.5, 0.6) is 0 Å². The van der Waals surface area contributed by atoms with Crippen LogP contribution in [0.2, 0.25) is 0 Å². The summed E-state index contributed by atoms with van der Waals surface area (Å²) in [6.45, 7) is 10.2. The predicted octanol–water partition coefficient (Wildman–Crippen LogP) is 13.0. The summed E-state index contributed by atoms with van der Waals surface area (Å²) >= 11 is 0. The van der Waals surface area contributed by atoms with Gasteiger partial charge in [0.25, 0.3) is 0 Å². The van der Waals surface area contributed by atoms with E-state index in [1.165, 1.54) is 147 Å². The summed E-state index contributed by atoms with van der Waals surface area (Å²) < 4.78 is 5.70. The highest BCUT2D eigenvalue weighted by molar-refractivity contribution is 5.32. The minimum atomic E-state index is 0.698. The zero-order chi connectivity index (χ0) is 29.8. The highest BCUT2D eigenvalue weighted by atomic mass is 16.5. The van der Waals surface area contributed by atoms with Crippen molar-refractivity contribution in [3.05, 3.63) is 53.1 Å². The molecular weight excluding hydrogens is 510 g/mol. The van der Waals surface area contributed by atoms with Gasteiger partial charge < -0.3 is 4.74 Å². The van der Waals surface area contributed by atoms with Crippen LogP contribution in [0.15, 0.2) is 41.8 Å². The molecule has 2 nitrogen and oxygen atoms in total. The molecule has 0 spiro atoms. The Hall–Kier alpha value is -1.57. The van der Waals surface area contributed by atoms with Crippen LogP contribution in [0.1, 0.15) is 192 Å². The van der Waals surface area contributed by atoms with Crippen LogP contribution in [-0.4, -0.2) is 11.6 Å². The average molecular weight is 578 g/mol. The van der Waals surface area contributed by atoms with Crippen molar-refractivity contribution in [2.24, 2.45) is 11.8 Å². The standard InChI is InChI=1S/C20H33N.C20H34O/c1-3-11-17-13-8-6-5-7-9-14-18(12-4-2)20-19(17)15-10-16-21-20;1-3-10-17-12-8-6-5-7-9-13-18(11-4-2)20-16-21-15-14-19(17)20/h10,15-18H,3-9,11-14H2,1-2H3;14-15,17-18H,3-13,16H2,1-2H3. The van der Waals surface area contributed by atoms with Crippen LogP contribution in [0.3, 0.4) is 0 Å². The number of hydrogen-bond acceptors (Lipinski definition) is 2. The molecule has 2 heteroatoms. The van der Waals surface area contributed by atoms with Gasteiger partial charge in [-0.15, -0.1) is 0 Å². The lowest BCUT2D eigenvalue weighted by atomic mass is 9.80. The summed E-state index contributed by atoms with van der Waals surface area (Å²) in [5, 5.41) is 0. The Morgan fingerprint density at radius 1 is 0.619 bits per heavy atom.